The van der Waals surface area contributed by atoms with Gasteiger partial charge in [-0.25, -0.2) is 0 Å². The molecule has 130 valence electrons. The lowest BCUT2D eigenvalue weighted by Gasteiger charge is -2.18. The zero-order chi connectivity index (χ0) is 18.1. The predicted molar refractivity (Wildman–Crippen MR) is 98.8 cm³/mol. The van der Waals surface area contributed by atoms with Gasteiger partial charge in [0.2, 0.25) is 0 Å². The van der Waals surface area contributed by atoms with Crippen molar-refractivity contribution in [2.75, 3.05) is 19.5 Å². The number of hydrogen-bond acceptors (Lipinski definition) is 4. The second-order valence-electron chi connectivity index (χ2n) is 5.80. The minimum atomic E-state index is -0.981. The maximum absolute atomic E-state index is 13.0. The molecule has 0 radical (unpaired) electrons. The number of nitrogens with one attached hydrogen (secondary N) is 1. The lowest BCUT2D eigenvalue weighted by Crippen LogP contribution is -2.17. The normalized spacial score (nSPS) is 11.0. The first-order chi connectivity index (χ1) is 12.0. The van der Waals surface area contributed by atoms with E-state index in [1.54, 1.807) is 35.9 Å². The van der Waals surface area contributed by atoms with Gasteiger partial charge in [0, 0.05) is 18.1 Å². The molecule has 1 aromatic heterocycles. The van der Waals surface area contributed by atoms with Crippen molar-refractivity contribution in [2.45, 2.75) is 19.9 Å². The Kier molecular flexibility index (Phi) is 4.35. The molecule has 25 heavy (non-hydrogen) atoms. The van der Waals surface area contributed by atoms with E-state index in [9.17, 15) is 14.7 Å². The fraction of sp³-hybridized carbons (Fsp3) is 0.263. The summed E-state index contributed by atoms with van der Waals surface area (Å²) in [5.41, 5.74) is 2.69. The van der Waals surface area contributed by atoms with Gasteiger partial charge in [0.15, 0.2) is 5.43 Å². The Morgan fingerprint density at radius 1 is 1.24 bits per heavy atom. The van der Waals surface area contributed by atoms with Crippen molar-refractivity contribution in [2.24, 2.45) is 0 Å². The van der Waals surface area contributed by atoms with E-state index in [1.165, 1.54) is 7.11 Å². The standard InChI is InChI=1S/C19H20N2O4/c1-4-11-5-7-14-17(19(11)25-3)21(10-16(22)23)15-9-12(20-2)6-8-13(15)18(14)24/h5-9,20H,4,10H2,1-3H3,(H,22,23). The number of methoxy groups -OCH3 is 1. The number of carboxylic acid groups (broad SMARTS) is 1. The summed E-state index contributed by atoms with van der Waals surface area (Å²) in [7, 11) is 3.31. The highest BCUT2D eigenvalue weighted by Gasteiger charge is 2.18. The van der Waals surface area contributed by atoms with Crippen molar-refractivity contribution < 1.29 is 14.6 Å². The highest BCUT2D eigenvalue weighted by molar-refractivity contribution is 5.98. The van der Waals surface area contributed by atoms with Crippen molar-refractivity contribution in [1.82, 2.24) is 4.57 Å². The molecule has 3 rings (SSSR count). The highest BCUT2D eigenvalue weighted by Crippen LogP contribution is 2.32. The Hall–Kier alpha value is -3.02. The van der Waals surface area contributed by atoms with E-state index < -0.39 is 5.97 Å². The molecule has 0 saturated carbocycles. The highest BCUT2D eigenvalue weighted by atomic mass is 16.5. The number of carbonyl (C=O) groups is 1. The number of pyridine rings is 1. The molecule has 2 aromatic carbocycles. The minimum absolute atomic E-state index is 0.129. The number of nitrogens with zero attached hydrogens (tertiary/aromatic N) is 1. The molecular formula is C19H20N2O4. The third-order valence-corrected chi connectivity index (χ3v) is 4.43. The Labute approximate surface area is 144 Å². The number of ether oxygens (including phenoxy) is 1. The summed E-state index contributed by atoms with van der Waals surface area (Å²) in [6.07, 6.45) is 0.717. The van der Waals surface area contributed by atoms with Gasteiger partial charge in [-0.05, 0) is 36.2 Å². The number of hydrogen-bond donors (Lipinski definition) is 2. The number of carboxylic acids is 1. The Morgan fingerprint density at radius 2 is 1.96 bits per heavy atom. The molecule has 0 fully saturated rings. The molecule has 6 heteroatoms. The molecular weight excluding hydrogens is 320 g/mol. The molecule has 1 heterocycles. The van der Waals surface area contributed by atoms with Crippen molar-refractivity contribution in [1.29, 1.82) is 0 Å². The number of benzene rings is 2. The summed E-state index contributed by atoms with van der Waals surface area (Å²) < 4.78 is 7.21. The van der Waals surface area contributed by atoms with Crippen LogP contribution >= 0.6 is 0 Å². The number of aryl methyl sites for hydroxylation is 1. The van der Waals surface area contributed by atoms with Crippen molar-refractivity contribution >= 4 is 33.5 Å². The largest absolute Gasteiger partial charge is 0.494 e. The smallest absolute Gasteiger partial charge is 0.323 e. The molecule has 0 aliphatic rings. The Bertz CT molecular complexity index is 1040. The summed E-state index contributed by atoms with van der Waals surface area (Å²) in [6, 6.07) is 8.93. The first-order valence-electron chi connectivity index (χ1n) is 8.07. The number of aliphatic carboxylic acids is 1. The van der Waals surface area contributed by atoms with Crippen LogP contribution in [-0.2, 0) is 17.8 Å². The molecule has 0 bridgehead atoms. The van der Waals surface area contributed by atoms with Crippen LogP contribution in [0.1, 0.15) is 12.5 Å². The van der Waals surface area contributed by atoms with Crippen molar-refractivity contribution in [3.63, 3.8) is 0 Å². The maximum Gasteiger partial charge on any atom is 0.323 e. The van der Waals surface area contributed by atoms with Crippen molar-refractivity contribution in [3.8, 4) is 5.75 Å². The summed E-state index contributed by atoms with van der Waals surface area (Å²) in [4.78, 5) is 24.5. The van der Waals surface area contributed by atoms with E-state index in [1.807, 2.05) is 13.0 Å². The Morgan fingerprint density at radius 3 is 2.56 bits per heavy atom. The van der Waals surface area contributed by atoms with Gasteiger partial charge in [0.05, 0.1) is 23.5 Å². The summed E-state index contributed by atoms with van der Waals surface area (Å²) in [5.74, 6) is -0.430. The van der Waals surface area contributed by atoms with Crippen LogP contribution in [0.25, 0.3) is 21.8 Å². The second kappa shape index (κ2) is 6.47. The molecule has 6 nitrogen and oxygen atoms in total. The topological polar surface area (TPSA) is 80.6 Å². The third-order valence-electron chi connectivity index (χ3n) is 4.43. The number of fused-ring (bicyclic) bond motifs is 2. The first-order valence-corrected chi connectivity index (χ1v) is 8.07. The zero-order valence-corrected chi connectivity index (χ0v) is 14.4. The lowest BCUT2D eigenvalue weighted by atomic mass is 10.0. The van der Waals surface area contributed by atoms with Crippen LogP contribution in [0.5, 0.6) is 5.75 Å². The monoisotopic (exact) mass is 340 g/mol. The molecule has 0 amide bonds. The first kappa shape index (κ1) is 16.8. The predicted octanol–water partition coefficient (Wildman–Crippen LogP) is 2.85. The molecule has 3 aromatic rings. The minimum Gasteiger partial charge on any atom is -0.494 e. The SMILES string of the molecule is CCc1ccc2c(=O)c3ccc(NC)cc3n(CC(=O)O)c2c1OC. The summed E-state index contributed by atoms with van der Waals surface area (Å²) in [6.45, 7) is 1.73. The van der Waals surface area contributed by atoms with Crippen LogP contribution in [0.15, 0.2) is 35.1 Å². The van der Waals surface area contributed by atoms with Gasteiger partial charge in [0.25, 0.3) is 0 Å². The molecule has 0 atom stereocenters. The van der Waals surface area contributed by atoms with E-state index in [0.29, 0.717) is 27.6 Å². The van der Waals surface area contributed by atoms with Crippen LogP contribution in [0.3, 0.4) is 0 Å². The van der Waals surface area contributed by atoms with Crippen LogP contribution in [0.4, 0.5) is 5.69 Å². The van der Waals surface area contributed by atoms with Crippen LogP contribution in [0, 0.1) is 0 Å². The molecule has 0 unspecified atom stereocenters. The van der Waals surface area contributed by atoms with Crippen LogP contribution in [-0.4, -0.2) is 29.8 Å². The average Bonchev–Trinajstić information content (AvgIpc) is 2.63. The molecule has 2 N–H and O–H groups in total. The summed E-state index contributed by atoms with van der Waals surface area (Å²) >= 11 is 0. The quantitative estimate of drug-likeness (QED) is 0.698. The van der Waals surface area contributed by atoms with E-state index in [0.717, 1.165) is 17.7 Å². The summed E-state index contributed by atoms with van der Waals surface area (Å²) in [5, 5.41) is 13.4. The van der Waals surface area contributed by atoms with Gasteiger partial charge in [-0.1, -0.05) is 13.0 Å². The van der Waals surface area contributed by atoms with Gasteiger partial charge in [-0.2, -0.15) is 0 Å². The van der Waals surface area contributed by atoms with Crippen molar-refractivity contribution in [3.05, 3.63) is 46.1 Å². The van der Waals surface area contributed by atoms with Gasteiger partial charge >= 0.3 is 5.97 Å². The fourth-order valence-electron chi connectivity index (χ4n) is 3.24. The van der Waals surface area contributed by atoms with Gasteiger partial charge in [0.1, 0.15) is 12.3 Å². The second-order valence-corrected chi connectivity index (χ2v) is 5.80. The Balaban J connectivity index is 2.59. The maximum atomic E-state index is 13.0. The fourth-order valence-corrected chi connectivity index (χ4v) is 3.24. The molecule has 0 spiro atoms. The molecule has 0 aliphatic carbocycles. The van der Waals surface area contributed by atoms with E-state index in [-0.39, 0.29) is 12.0 Å². The van der Waals surface area contributed by atoms with E-state index in [4.69, 9.17) is 4.74 Å². The third kappa shape index (κ3) is 2.69. The van der Waals surface area contributed by atoms with E-state index in [2.05, 4.69) is 5.32 Å². The van der Waals surface area contributed by atoms with Crippen LogP contribution < -0.4 is 15.5 Å². The van der Waals surface area contributed by atoms with E-state index >= 15 is 0 Å². The molecule has 0 saturated heterocycles. The molecule has 0 aliphatic heterocycles. The lowest BCUT2D eigenvalue weighted by molar-refractivity contribution is -0.137. The number of aromatic nitrogens is 1. The van der Waals surface area contributed by atoms with Gasteiger partial charge < -0.3 is 19.7 Å². The van der Waals surface area contributed by atoms with Gasteiger partial charge in [-0.3, -0.25) is 9.59 Å². The zero-order valence-electron chi connectivity index (χ0n) is 14.4. The van der Waals surface area contributed by atoms with Crippen LogP contribution in [0.2, 0.25) is 0 Å². The number of anilines is 1. The average molecular weight is 340 g/mol. The van der Waals surface area contributed by atoms with Gasteiger partial charge in [-0.15, -0.1) is 0 Å². The number of rotatable bonds is 5.